The Bertz CT molecular complexity index is 149. The van der Waals surface area contributed by atoms with Crippen molar-refractivity contribution in [2.75, 3.05) is 18.9 Å². The number of carbonyl (C=O) groups is 2. The summed E-state index contributed by atoms with van der Waals surface area (Å²) in [6.45, 7) is 2.23. The van der Waals surface area contributed by atoms with E-state index in [0.29, 0.717) is 12.3 Å². The largest absolute Gasteiger partial charge is 0.459 e. The van der Waals surface area contributed by atoms with Crippen LogP contribution < -0.4 is 5.32 Å². The first kappa shape index (κ1) is 10.3. The normalized spacial score (nSPS) is 8.91. The fourth-order valence-electron chi connectivity index (χ4n) is 0.438. The Morgan fingerprint density at radius 2 is 2.18 bits per heavy atom. The van der Waals surface area contributed by atoms with E-state index < -0.39 is 11.9 Å². The molecule has 1 N–H and O–H groups in total. The van der Waals surface area contributed by atoms with Crippen LogP contribution in [0.2, 0.25) is 0 Å². The van der Waals surface area contributed by atoms with Gasteiger partial charge < -0.3 is 10.1 Å². The van der Waals surface area contributed by atoms with E-state index in [1.807, 2.05) is 0 Å². The standard InChI is InChI=1S/C6H11NO3S/c1-2-10-6(9)5(8)7-3-4-11/h11H,2-4H2,1H3,(H,7,8). The Labute approximate surface area is 70.7 Å². The van der Waals surface area contributed by atoms with Gasteiger partial charge in [0.15, 0.2) is 0 Å². The lowest BCUT2D eigenvalue weighted by Crippen LogP contribution is -2.33. The summed E-state index contributed by atoms with van der Waals surface area (Å²) < 4.78 is 4.42. The van der Waals surface area contributed by atoms with Crippen molar-refractivity contribution in [3.05, 3.63) is 0 Å². The lowest BCUT2D eigenvalue weighted by molar-refractivity contribution is -0.154. The molecule has 0 aromatic rings. The third kappa shape index (κ3) is 4.66. The number of carbonyl (C=O) groups excluding carboxylic acids is 2. The number of thiol groups is 1. The van der Waals surface area contributed by atoms with E-state index in [0.717, 1.165) is 0 Å². The third-order valence-electron chi connectivity index (χ3n) is 0.858. The van der Waals surface area contributed by atoms with Crippen LogP contribution in [-0.2, 0) is 14.3 Å². The van der Waals surface area contributed by atoms with E-state index in [2.05, 4.69) is 22.7 Å². The van der Waals surface area contributed by atoms with Crippen LogP contribution in [0.15, 0.2) is 0 Å². The van der Waals surface area contributed by atoms with Gasteiger partial charge in [0.05, 0.1) is 6.61 Å². The zero-order valence-corrected chi connectivity index (χ0v) is 7.19. The fraction of sp³-hybridized carbons (Fsp3) is 0.667. The van der Waals surface area contributed by atoms with Gasteiger partial charge in [-0.05, 0) is 6.92 Å². The molecule has 0 aliphatic heterocycles. The van der Waals surface area contributed by atoms with Crippen molar-refractivity contribution in [3.8, 4) is 0 Å². The number of hydrogen-bond donors (Lipinski definition) is 2. The molecule has 5 heteroatoms. The highest BCUT2D eigenvalue weighted by atomic mass is 32.1. The second kappa shape index (κ2) is 6.03. The number of esters is 1. The van der Waals surface area contributed by atoms with Gasteiger partial charge in [0.2, 0.25) is 0 Å². The van der Waals surface area contributed by atoms with E-state index in [9.17, 15) is 9.59 Å². The molecular weight excluding hydrogens is 166 g/mol. The average Bonchev–Trinajstić information content (AvgIpc) is 2.00. The zero-order valence-electron chi connectivity index (χ0n) is 6.29. The molecular formula is C6H11NO3S. The Kier molecular flexibility index (Phi) is 5.64. The van der Waals surface area contributed by atoms with Gasteiger partial charge in [0, 0.05) is 12.3 Å². The van der Waals surface area contributed by atoms with Crippen molar-refractivity contribution >= 4 is 24.5 Å². The predicted octanol–water partition coefficient (Wildman–Crippen LogP) is -0.404. The molecule has 0 spiro atoms. The maximum Gasteiger partial charge on any atom is 0.396 e. The topological polar surface area (TPSA) is 55.4 Å². The Hall–Kier alpha value is -0.710. The van der Waals surface area contributed by atoms with E-state index in [1.54, 1.807) is 6.92 Å². The van der Waals surface area contributed by atoms with E-state index in [-0.39, 0.29) is 6.61 Å². The monoisotopic (exact) mass is 177 g/mol. The maximum absolute atomic E-state index is 10.7. The predicted molar refractivity (Wildman–Crippen MR) is 43.5 cm³/mol. The van der Waals surface area contributed by atoms with Crippen LogP contribution in [0, 0.1) is 0 Å². The van der Waals surface area contributed by atoms with Crippen molar-refractivity contribution in [2.45, 2.75) is 6.92 Å². The van der Waals surface area contributed by atoms with Crippen LogP contribution in [0.1, 0.15) is 6.92 Å². The molecule has 0 bridgehead atoms. The van der Waals surface area contributed by atoms with Gasteiger partial charge in [-0.25, -0.2) is 4.79 Å². The second-order valence-electron chi connectivity index (χ2n) is 1.70. The van der Waals surface area contributed by atoms with E-state index in [1.165, 1.54) is 0 Å². The maximum atomic E-state index is 10.7. The molecule has 11 heavy (non-hydrogen) atoms. The molecule has 0 unspecified atom stereocenters. The van der Waals surface area contributed by atoms with Crippen molar-refractivity contribution < 1.29 is 14.3 Å². The van der Waals surface area contributed by atoms with Crippen LogP contribution >= 0.6 is 12.6 Å². The molecule has 0 atom stereocenters. The lowest BCUT2D eigenvalue weighted by Gasteiger charge is -2.01. The van der Waals surface area contributed by atoms with E-state index in [4.69, 9.17) is 0 Å². The van der Waals surface area contributed by atoms with Crippen LogP contribution in [0.3, 0.4) is 0 Å². The highest BCUT2D eigenvalue weighted by Gasteiger charge is 2.12. The summed E-state index contributed by atoms with van der Waals surface area (Å²) in [6.07, 6.45) is 0. The molecule has 0 aromatic carbocycles. The molecule has 0 aromatic heterocycles. The lowest BCUT2D eigenvalue weighted by atomic mass is 10.6. The first-order valence-corrected chi connectivity index (χ1v) is 3.91. The van der Waals surface area contributed by atoms with Gasteiger partial charge in [-0.1, -0.05) is 0 Å². The number of amides is 1. The van der Waals surface area contributed by atoms with Gasteiger partial charge in [0.25, 0.3) is 0 Å². The highest BCUT2D eigenvalue weighted by molar-refractivity contribution is 7.80. The van der Waals surface area contributed by atoms with Crippen LogP contribution in [0.5, 0.6) is 0 Å². The molecule has 0 saturated carbocycles. The minimum absolute atomic E-state index is 0.215. The highest BCUT2D eigenvalue weighted by Crippen LogP contribution is 1.78. The van der Waals surface area contributed by atoms with E-state index >= 15 is 0 Å². The molecule has 0 rings (SSSR count). The van der Waals surface area contributed by atoms with Gasteiger partial charge in [0.1, 0.15) is 0 Å². The summed E-state index contributed by atoms with van der Waals surface area (Å²) in [7, 11) is 0. The number of rotatable bonds is 3. The van der Waals surface area contributed by atoms with Gasteiger partial charge in [-0.3, -0.25) is 4.79 Å². The first-order chi connectivity index (χ1) is 5.22. The SMILES string of the molecule is CCOC(=O)C(=O)NCCS. The molecule has 0 fully saturated rings. The molecule has 0 saturated heterocycles. The molecule has 64 valence electrons. The molecule has 0 heterocycles. The Morgan fingerprint density at radius 1 is 1.55 bits per heavy atom. The van der Waals surface area contributed by atoms with Gasteiger partial charge in [-0.2, -0.15) is 12.6 Å². The summed E-state index contributed by atoms with van der Waals surface area (Å²) in [4.78, 5) is 21.3. The third-order valence-corrected chi connectivity index (χ3v) is 1.08. The fourth-order valence-corrected chi connectivity index (χ4v) is 0.550. The quantitative estimate of drug-likeness (QED) is 0.350. The number of nitrogens with one attached hydrogen (secondary N) is 1. The zero-order chi connectivity index (χ0) is 8.69. The Morgan fingerprint density at radius 3 is 2.64 bits per heavy atom. The van der Waals surface area contributed by atoms with Crippen molar-refractivity contribution in [1.82, 2.24) is 5.32 Å². The van der Waals surface area contributed by atoms with Crippen molar-refractivity contribution in [3.63, 3.8) is 0 Å². The van der Waals surface area contributed by atoms with Gasteiger partial charge >= 0.3 is 11.9 Å². The van der Waals surface area contributed by atoms with Crippen LogP contribution in [0.25, 0.3) is 0 Å². The molecule has 0 aliphatic carbocycles. The van der Waals surface area contributed by atoms with Gasteiger partial charge in [-0.15, -0.1) is 0 Å². The number of hydrogen-bond acceptors (Lipinski definition) is 4. The van der Waals surface area contributed by atoms with Crippen LogP contribution in [-0.4, -0.2) is 30.8 Å². The minimum atomic E-state index is -0.839. The van der Waals surface area contributed by atoms with Crippen LogP contribution in [0.4, 0.5) is 0 Å². The second-order valence-corrected chi connectivity index (χ2v) is 2.15. The summed E-state index contributed by atoms with van der Waals surface area (Å²) in [6, 6.07) is 0. The Balaban J connectivity index is 3.56. The summed E-state index contributed by atoms with van der Waals surface area (Å²) >= 11 is 3.85. The minimum Gasteiger partial charge on any atom is -0.459 e. The molecule has 1 amide bonds. The van der Waals surface area contributed by atoms with Crippen molar-refractivity contribution in [2.24, 2.45) is 0 Å². The summed E-state index contributed by atoms with van der Waals surface area (Å²) in [5.41, 5.74) is 0. The smallest absolute Gasteiger partial charge is 0.396 e. The average molecular weight is 177 g/mol. The molecule has 0 aliphatic rings. The first-order valence-electron chi connectivity index (χ1n) is 3.28. The van der Waals surface area contributed by atoms with Crippen molar-refractivity contribution in [1.29, 1.82) is 0 Å². The molecule has 0 radical (unpaired) electrons. The molecule has 4 nitrogen and oxygen atoms in total. The summed E-state index contributed by atoms with van der Waals surface area (Å²) in [5, 5.41) is 2.33. The summed E-state index contributed by atoms with van der Waals surface area (Å²) in [5.74, 6) is -1.04. The number of ether oxygens (including phenoxy) is 1.